The smallest absolute Gasteiger partial charge is 0.236 e. The number of carbonyl (C=O) groups excluding carboxylic acids is 1. The van der Waals surface area contributed by atoms with E-state index >= 15 is 0 Å². The van der Waals surface area contributed by atoms with E-state index in [9.17, 15) is 4.79 Å². The lowest BCUT2D eigenvalue weighted by atomic mass is 10.2. The number of morpholine rings is 1. The van der Waals surface area contributed by atoms with Gasteiger partial charge in [0.2, 0.25) is 5.91 Å². The molecule has 10 heteroatoms. The molecule has 1 saturated heterocycles. The van der Waals surface area contributed by atoms with Crippen LogP contribution in [0.2, 0.25) is 0 Å². The Balaban J connectivity index is 1.47. The number of thioether (sulfide) groups is 1. The maximum absolute atomic E-state index is 13.2. The zero-order valence-electron chi connectivity index (χ0n) is 19.8. The van der Waals surface area contributed by atoms with Crippen LogP contribution in [0.3, 0.4) is 0 Å². The lowest BCUT2D eigenvalue weighted by molar-refractivity contribution is -0.134. The van der Waals surface area contributed by atoms with Gasteiger partial charge in [-0.15, -0.1) is 5.10 Å². The summed E-state index contributed by atoms with van der Waals surface area (Å²) in [6.45, 7) is 9.25. The largest absolute Gasteiger partial charge is 0.378 e. The summed E-state index contributed by atoms with van der Waals surface area (Å²) >= 11 is 1.47. The second-order valence-electron chi connectivity index (χ2n) is 8.53. The Kier molecular flexibility index (Phi) is 6.51. The van der Waals surface area contributed by atoms with E-state index in [0.29, 0.717) is 50.8 Å². The van der Waals surface area contributed by atoms with Gasteiger partial charge in [-0.25, -0.2) is 9.97 Å². The molecular formula is C24H29N7O2S. The van der Waals surface area contributed by atoms with E-state index in [1.807, 2.05) is 47.7 Å². The Morgan fingerprint density at radius 2 is 1.94 bits per heavy atom. The third-order valence-corrected chi connectivity index (χ3v) is 7.36. The number of hydrogen-bond acceptors (Lipinski definition) is 7. The second-order valence-corrected chi connectivity index (χ2v) is 9.70. The van der Waals surface area contributed by atoms with Gasteiger partial charge >= 0.3 is 0 Å². The lowest BCUT2D eigenvalue weighted by Crippen LogP contribution is -2.44. The summed E-state index contributed by atoms with van der Waals surface area (Å²) in [5, 5.41) is 10.8. The Morgan fingerprint density at radius 1 is 1.15 bits per heavy atom. The number of amides is 1. The van der Waals surface area contributed by atoms with Crippen LogP contribution >= 0.6 is 11.8 Å². The van der Waals surface area contributed by atoms with Crippen LogP contribution < -0.4 is 0 Å². The fourth-order valence-corrected chi connectivity index (χ4v) is 5.33. The topological polar surface area (TPSA) is 90.4 Å². The molecule has 0 radical (unpaired) electrons. The van der Waals surface area contributed by atoms with Gasteiger partial charge in [-0.2, -0.15) is 9.61 Å². The zero-order valence-corrected chi connectivity index (χ0v) is 20.6. The third kappa shape index (κ3) is 4.52. The Labute approximate surface area is 202 Å². The van der Waals surface area contributed by atoms with Gasteiger partial charge in [-0.05, 0) is 38.5 Å². The van der Waals surface area contributed by atoms with Crippen LogP contribution in [0.15, 0.2) is 35.5 Å². The van der Waals surface area contributed by atoms with E-state index in [0.717, 1.165) is 33.8 Å². The molecule has 0 bridgehead atoms. The van der Waals surface area contributed by atoms with E-state index in [2.05, 4.69) is 18.1 Å². The molecule has 4 heterocycles. The monoisotopic (exact) mass is 479 g/mol. The number of carbonyl (C=O) groups is 1. The third-order valence-electron chi connectivity index (χ3n) is 6.06. The average molecular weight is 480 g/mol. The van der Waals surface area contributed by atoms with Crippen molar-refractivity contribution in [3.63, 3.8) is 0 Å². The van der Waals surface area contributed by atoms with Gasteiger partial charge in [-0.1, -0.05) is 30.8 Å². The number of aryl methyl sites for hydroxylation is 4. The molecule has 0 N–H and O–H groups in total. The second kappa shape index (κ2) is 9.71. The van der Waals surface area contributed by atoms with E-state index in [-0.39, 0.29) is 11.2 Å². The Hall–Kier alpha value is -2.98. The number of rotatable bonds is 7. The maximum atomic E-state index is 13.2. The molecule has 0 spiro atoms. The quantitative estimate of drug-likeness (QED) is 0.297. The van der Waals surface area contributed by atoms with Crippen molar-refractivity contribution in [2.24, 2.45) is 0 Å². The van der Waals surface area contributed by atoms with Crippen LogP contribution in [0.1, 0.15) is 30.6 Å². The maximum Gasteiger partial charge on any atom is 0.236 e. The van der Waals surface area contributed by atoms with Crippen molar-refractivity contribution >= 4 is 34.2 Å². The Morgan fingerprint density at radius 3 is 2.68 bits per heavy atom. The summed E-state index contributed by atoms with van der Waals surface area (Å²) in [7, 11) is 0. The van der Waals surface area contributed by atoms with Gasteiger partial charge in [0.1, 0.15) is 0 Å². The number of ether oxygens (including phenoxy) is 1. The highest BCUT2D eigenvalue weighted by molar-refractivity contribution is 8.00. The zero-order chi connectivity index (χ0) is 23.7. The van der Waals surface area contributed by atoms with Crippen LogP contribution in [0.25, 0.3) is 16.6 Å². The Bertz CT molecular complexity index is 1330. The summed E-state index contributed by atoms with van der Waals surface area (Å²) < 4.78 is 9.20. The predicted octanol–water partition coefficient (Wildman–Crippen LogP) is 3.06. The molecule has 3 aromatic heterocycles. The minimum atomic E-state index is -0.239. The van der Waals surface area contributed by atoms with Gasteiger partial charge in [0.25, 0.3) is 0 Å². The van der Waals surface area contributed by atoms with Gasteiger partial charge < -0.3 is 9.64 Å². The molecule has 1 aliphatic rings. The first-order valence-electron chi connectivity index (χ1n) is 11.7. The fourth-order valence-electron chi connectivity index (χ4n) is 4.29. The molecule has 5 rings (SSSR count). The van der Waals surface area contributed by atoms with Gasteiger partial charge in [-0.3, -0.25) is 9.48 Å². The molecule has 0 saturated carbocycles. The summed E-state index contributed by atoms with van der Waals surface area (Å²) in [4.78, 5) is 24.8. The average Bonchev–Trinajstić information content (AvgIpc) is 3.43. The number of benzene rings is 1. The van der Waals surface area contributed by atoms with Crippen LogP contribution in [-0.4, -0.2) is 71.7 Å². The molecule has 1 unspecified atom stereocenters. The predicted molar refractivity (Wildman–Crippen MR) is 131 cm³/mol. The van der Waals surface area contributed by atoms with E-state index in [1.165, 1.54) is 11.8 Å². The number of nitrogens with zero attached hydrogens (tertiary/aromatic N) is 7. The highest BCUT2D eigenvalue weighted by atomic mass is 32.2. The van der Waals surface area contributed by atoms with Crippen molar-refractivity contribution in [2.75, 3.05) is 26.3 Å². The van der Waals surface area contributed by atoms with Crippen LogP contribution in [0.5, 0.6) is 0 Å². The molecule has 0 aliphatic carbocycles. The molecule has 9 nitrogen and oxygen atoms in total. The minimum Gasteiger partial charge on any atom is -0.378 e. The molecule has 178 valence electrons. The highest BCUT2D eigenvalue weighted by Gasteiger charge is 2.27. The van der Waals surface area contributed by atoms with Crippen molar-refractivity contribution in [1.82, 2.24) is 34.3 Å². The van der Waals surface area contributed by atoms with Crippen molar-refractivity contribution in [3.05, 3.63) is 47.5 Å². The van der Waals surface area contributed by atoms with Gasteiger partial charge in [0, 0.05) is 37.1 Å². The van der Waals surface area contributed by atoms with Crippen molar-refractivity contribution < 1.29 is 9.53 Å². The molecule has 1 aliphatic heterocycles. The highest BCUT2D eigenvalue weighted by Crippen LogP contribution is 2.29. The first-order valence-corrected chi connectivity index (χ1v) is 12.6. The molecule has 34 heavy (non-hydrogen) atoms. The molecule has 1 amide bonds. The first kappa shape index (κ1) is 22.8. The number of fused-ring (bicyclic) bond motifs is 3. The lowest BCUT2D eigenvalue weighted by Gasteiger charge is -2.29. The van der Waals surface area contributed by atoms with Crippen LogP contribution in [-0.2, 0) is 22.5 Å². The molecular weight excluding hydrogens is 450 g/mol. The number of para-hydroxylation sites is 1. The number of aromatic nitrogens is 6. The molecule has 4 aromatic rings. The van der Waals surface area contributed by atoms with Crippen molar-refractivity contribution in [1.29, 1.82) is 0 Å². The van der Waals surface area contributed by atoms with Crippen LogP contribution in [0, 0.1) is 13.8 Å². The fraction of sp³-hybridized carbons (Fsp3) is 0.458. The first-order chi connectivity index (χ1) is 16.5. The summed E-state index contributed by atoms with van der Waals surface area (Å²) in [6, 6.07) is 10.0. The van der Waals surface area contributed by atoms with E-state index in [1.54, 1.807) is 4.52 Å². The molecule has 1 fully saturated rings. The van der Waals surface area contributed by atoms with E-state index < -0.39 is 0 Å². The molecule has 1 aromatic carbocycles. The van der Waals surface area contributed by atoms with Gasteiger partial charge in [0.15, 0.2) is 16.6 Å². The van der Waals surface area contributed by atoms with Crippen molar-refractivity contribution in [2.45, 2.75) is 50.6 Å². The standard InChI is InChI=1S/C24H29N7O2S/c1-4-20(23(32)29-11-13-33-14-12-29)34-24-25-19-8-6-5-7-18(19)22-26-21(28-31(22)24)9-10-30-17(3)15-16(2)27-30/h5-8,15,20H,4,9-14H2,1-3H3. The minimum absolute atomic E-state index is 0.128. The number of hydrogen-bond donors (Lipinski definition) is 0. The van der Waals surface area contributed by atoms with Crippen LogP contribution in [0.4, 0.5) is 0 Å². The summed E-state index contributed by atoms with van der Waals surface area (Å²) in [6.07, 6.45) is 1.36. The SMILES string of the molecule is CCC(Sc1nc2ccccc2c2nc(CCn3nc(C)cc3C)nn12)C(=O)N1CCOCC1. The van der Waals surface area contributed by atoms with Crippen molar-refractivity contribution in [3.8, 4) is 0 Å². The van der Waals surface area contributed by atoms with E-state index in [4.69, 9.17) is 19.8 Å². The summed E-state index contributed by atoms with van der Waals surface area (Å²) in [5.74, 6) is 0.865. The van der Waals surface area contributed by atoms with Gasteiger partial charge in [0.05, 0.1) is 29.7 Å². The molecule has 1 atom stereocenters. The normalized spacial score (nSPS) is 15.3. The summed E-state index contributed by atoms with van der Waals surface area (Å²) in [5.41, 5.74) is 3.75.